The normalized spacial score (nSPS) is 26.3. The van der Waals surface area contributed by atoms with Gasteiger partial charge in [-0.15, -0.1) is 0 Å². The number of hydrogen-bond acceptors (Lipinski definition) is 7. The van der Waals surface area contributed by atoms with E-state index in [0.29, 0.717) is 0 Å². The van der Waals surface area contributed by atoms with Gasteiger partial charge >= 0.3 is 11.9 Å². The summed E-state index contributed by atoms with van der Waals surface area (Å²) >= 11 is 6.89. The lowest BCUT2D eigenvalue weighted by molar-refractivity contribution is -0.249. The van der Waals surface area contributed by atoms with Crippen molar-refractivity contribution in [1.29, 1.82) is 0 Å². The number of halogens is 2. The molecule has 0 saturated carbocycles. The summed E-state index contributed by atoms with van der Waals surface area (Å²) in [5, 5.41) is 12.1. The number of phenols is 1. The quantitative estimate of drug-likeness (QED) is 0.563. The van der Waals surface area contributed by atoms with Gasteiger partial charge in [-0.3, -0.25) is 4.79 Å². The second kappa shape index (κ2) is 9.11. The van der Waals surface area contributed by atoms with Crippen molar-refractivity contribution in [3.8, 4) is 11.5 Å². The van der Waals surface area contributed by atoms with Crippen LogP contribution in [0.1, 0.15) is 20.8 Å². The van der Waals surface area contributed by atoms with Crippen LogP contribution in [0.5, 0.6) is 11.5 Å². The molecule has 1 aliphatic rings. The number of ether oxygens (including phenoxy) is 4. The summed E-state index contributed by atoms with van der Waals surface area (Å²) in [6.07, 6.45) is -2.77. The zero-order valence-electron chi connectivity index (χ0n) is 16.8. The van der Waals surface area contributed by atoms with Crippen LogP contribution in [0.4, 0.5) is 0 Å². The van der Waals surface area contributed by atoms with Crippen molar-refractivity contribution < 1.29 is 33.6 Å². The van der Waals surface area contributed by atoms with Gasteiger partial charge < -0.3 is 24.1 Å². The van der Waals surface area contributed by atoms with Gasteiger partial charge in [0, 0.05) is 21.8 Å². The smallest absolute Gasteiger partial charge is 0.335 e. The van der Waals surface area contributed by atoms with Crippen LogP contribution in [0, 0.1) is 11.8 Å². The van der Waals surface area contributed by atoms with Gasteiger partial charge in [-0.1, -0.05) is 13.8 Å². The third-order valence-electron chi connectivity index (χ3n) is 5.31. The Kier molecular flexibility index (Phi) is 6.94. The lowest BCUT2D eigenvalue weighted by Crippen LogP contribution is -2.55. The minimum Gasteiger partial charge on any atom is -0.504 e. The first-order valence-electron chi connectivity index (χ1n) is 9.31. The molecule has 162 valence electrons. The second-order valence-corrected chi connectivity index (χ2v) is 9.00. The number of carbonyl (C=O) groups is 2. The molecule has 2 aromatic rings. The molecule has 1 aliphatic heterocycles. The monoisotopic (exact) mass is 544 g/mol. The Bertz CT molecular complexity index is 977. The molecule has 9 heteroatoms. The van der Waals surface area contributed by atoms with Gasteiger partial charge in [-0.25, -0.2) is 4.79 Å². The highest BCUT2D eigenvalue weighted by atomic mass is 79.9. The summed E-state index contributed by atoms with van der Waals surface area (Å²) in [5.74, 6) is -1.54. The fourth-order valence-electron chi connectivity index (χ4n) is 3.49. The van der Waals surface area contributed by atoms with Crippen LogP contribution in [0.25, 0.3) is 10.8 Å². The average Bonchev–Trinajstić information content (AvgIpc) is 2.68. The Balaban J connectivity index is 1.98. The Labute approximate surface area is 190 Å². The number of aromatic hydroxyl groups is 1. The van der Waals surface area contributed by atoms with Crippen molar-refractivity contribution in [2.45, 2.75) is 39.3 Å². The van der Waals surface area contributed by atoms with Crippen molar-refractivity contribution in [1.82, 2.24) is 0 Å². The lowest BCUT2D eigenvalue weighted by atomic mass is 9.83. The van der Waals surface area contributed by atoms with E-state index >= 15 is 0 Å². The molecule has 1 N–H and O–H groups in total. The van der Waals surface area contributed by atoms with Crippen LogP contribution in [-0.4, -0.2) is 42.7 Å². The Morgan fingerprint density at radius 1 is 1.03 bits per heavy atom. The summed E-state index contributed by atoms with van der Waals surface area (Å²) in [4.78, 5) is 23.9. The molecule has 1 heterocycles. The fraction of sp³-hybridized carbons (Fsp3) is 0.429. The van der Waals surface area contributed by atoms with Crippen LogP contribution >= 0.6 is 31.9 Å². The van der Waals surface area contributed by atoms with Gasteiger partial charge in [0.2, 0.25) is 6.29 Å². The molecule has 7 nitrogen and oxygen atoms in total. The third-order valence-corrected chi connectivity index (χ3v) is 7.15. The summed E-state index contributed by atoms with van der Waals surface area (Å²) in [5.41, 5.74) is 0. The lowest BCUT2D eigenvalue weighted by Gasteiger charge is -2.42. The molecule has 0 spiro atoms. The van der Waals surface area contributed by atoms with Gasteiger partial charge in [0.05, 0.1) is 7.11 Å². The van der Waals surface area contributed by atoms with E-state index < -0.39 is 30.4 Å². The number of esters is 2. The molecule has 5 unspecified atom stereocenters. The Morgan fingerprint density at radius 3 is 2.20 bits per heavy atom. The first kappa shape index (κ1) is 22.8. The van der Waals surface area contributed by atoms with E-state index in [1.54, 1.807) is 12.1 Å². The van der Waals surface area contributed by atoms with Gasteiger partial charge in [0.1, 0.15) is 0 Å². The van der Waals surface area contributed by atoms with E-state index in [0.717, 1.165) is 19.7 Å². The third kappa shape index (κ3) is 4.58. The number of carbonyl (C=O) groups excluding carboxylic acids is 2. The molecular weight excluding hydrogens is 524 g/mol. The minimum absolute atomic E-state index is 0.109. The molecular formula is C21H22Br2O7. The zero-order chi connectivity index (χ0) is 22.2. The van der Waals surface area contributed by atoms with E-state index in [9.17, 15) is 14.7 Å². The van der Waals surface area contributed by atoms with E-state index in [1.165, 1.54) is 14.0 Å². The van der Waals surface area contributed by atoms with Gasteiger partial charge in [0.25, 0.3) is 0 Å². The number of hydrogen-bond donors (Lipinski definition) is 1. The average molecular weight is 546 g/mol. The molecule has 2 aromatic carbocycles. The van der Waals surface area contributed by atoms with E-state index in [4.69, 9.17) is 18.9 Å². The van der Waals surface area contributed by atoms with Gasteiger partial charge in [-0.05, 0) is 72.8 Å². The largest absolute Gasteiger partial charge is 0.504 e. The molecule has 5 atom stereocenters. The Morgan fingerprint density at radius 2 is 1.63 bits per heavy atom. The first-order valence-corrected chi connectivity index (χ1v) is 10.9. The summed E-state index contributed by atoms with van der Waals surface area (Å²) in [7, 11) is 1.28. The maximum absolute atomic E-state index is 12.2. The maximum Gasteiger partial charge on any atom is 0.335 e. The van der Waals surface area contributed by atoms with Crippen molar-refractivity contribution in [2.24, 2.45) is 11.8 Å². The first-order chi connectivity index (χ1) is 14.1. The number of benzene rings is 2. The van der Waals surface area contributed by atoms with Gasteiger partial charge in [-0.2, -0.15) is 0 Å². The minimum atomic E-state index is -1.11. The molecule has 0 radical (unpaired) electrons. The van der Waals surface area contributed by atoms with E-state index in [-0.39, 0.29) is 23.3 Å². The van der Waals surface area contributed by atoms with Gasteiger partial charge in [0.15, 0.2) is 23.7 Å². The predicted octanol–water partition coefficient (Wildman–Crippen LogP) is 4.55. The SMILES string of the molecule is COC(=O)C1OC(Oc2cc3cc(Br)c(Br)cc3cc2O)C(OC(C)=O)C(C)C1C. The number of methoxy groups -OCH3 is 1. The molecule has 30 heavy (non-hydrogen) atoms. The van der Waals surface area contributed by atoms with E-state index in [1.807, 2.05) is 26.0 Å². The second-order valence-electron chi connectivity index (χ2n) is 7.29. The van der Waals surface area contributed by atoms with Crippen LogP contribution < -0.4 is 4.74 Å². The molecule has 0 aromatic heterocycles. The standard InChI is InChI=1S/C21H22Br2O7/c1-9-10(2)19(28-11(3)24)21(30-18(9)20(26)27-4)29-17-8-13-6-15(23)14(22)5-12(13)7-16(17)25/h5-10,18-19,21,25H,1-4H3. The molecule has 0 aliphatic carbocycles. The van der Waals surface area contributed by atoms with Crippen molar-refractivity contribution >= 4 is 54.6 Å². The highest BCUT2D eigenvalue weighted by Gasteiger charge is 2.48. The van der Waals surface area contributed by atoms with E-state index in [2.05, 4.69) is 31.9 Å². The summed E-state index contributed by atoms with van der Waals surface area (Å²) < 4.78 is 23.8. The molecule has 3 rings (SSSR count). The fourth-order valence-corrected chi connectivity index (χ4v) is 4.21. The number of rotatable bonds is 4. The molecule has 0 amide bonds. The maximum atomic E-state index is 12.2. The van der Waals surface area contributed by atoms with Crippen LogP contribution in [-0.2, 0) is 23.8 Å². The molecule has 1 saturated heterocycles. The molecule has 0 bridgehead atoms. The van der Waals surface area contributed by atoms with Crippen LogP contribution in [0.3, 0.4) is 0 Å². The highest BCUT2D eigenvalue weighted by molar-refractivity contribution is 9.13. The van der Waals surface area contributed by atoms with Crippen molar-refractivity contribution in [3.05, 3.63) is 33.2 Å². The highest BCUT2D eigenvalue weighted by Crippen LogP contribution is 2.39. The van der Waals surface area contributed by atoms with Crippen LogP contribution in [0.2, 0.25) is 0 Å². The number of phenolic OH excluding ortho intramolecular Hbond substituents is 1. The number of fused-ring (bicyclic) bond motifs is 1. The van der Waals surface area contributed by atoms with Crippen molar-refractivity contribution in [2.75, 3.05) is 7.11 Å². The summed E-state index contributed by atoms with van der Waals surface area (Å²) in [6, 6.07) is 6.96. The predicted molar refractivity (Wildman–Crippen MR) is 116 cm³/mol. The Hall–Kier alpha value is -1.84. The van der Waals surface area contributed by atoms with Crippen LogP contribution in [0.15, 0.2) is 33.2 Å². The topological polar surface area (TPSA) is 91.3 Å². The zero-order valence-corrected chi connectivity index (χ0v) is 20.0. The van der Waals surface area contributed by atoms with Crippen molar-refractivity contribution in [3.63, 3.8) is 0 Å². The molecule has 1 fully saturated rings. The summed E-state index contributed by atoms with van der Waals surface area (Å²) in [6.45, 7) is 4.97.